The van der Waals surface area contributed by atoms with Crippen LogP contribution in [0.2, 0.25) is 0 Å². The van der Waals surface area contributed by atoms with Gasteiger partial charge in [0.2, 0.25) is 5.91 Å². The molecular weight excluding hydrogens is 244 g/mol. The Morgan fingerprint density at radius 1 is 1.42 bits per heavy atom. The third-order valence-corrected chi connectivity index (χ3v) is 3.82. The fourth-order valence-electron chi connectivity index (χ4n) is 2.63. The summed E-state index contributed by atoms with van der Waals surface area (Å²) in [4.78, 5) is 24.6. The van der Waals surface area contributed by atoms with Crippen molar-refractivity contribution >= 4 is 11.9 Å². The van der Waals surface area contributed by atoms with E-state index in [0.29, 0.717) is 12.5 Å². The van der Waals surface area contributed by atoms with Crippen LogP contribution in [0.15, 0.2) is 0 Å². The van der Waals surface area contributed by atoms with Crippen molar-refractivity contribution in [2.24, 2.45) is 0 Å². The van der Waals surface area contributed by atoms with Crippen molar-refractivity contribution < 1.29 is 14.7 Å². The van der Waals surface area contributed by atoms with Gasteiger partial charge in [-0.25, -0.2) is 0 Å². The Kier molecular flexibility index (Phi) is 6.84. The number of piperidine rings is 1. The van der Waals surface area contributed by atoms with E-state index in [1.165, 1.54) is 32.6 Å². The number of aliphatic carboxylic acids is 1. The standard InChI is InChI=1S/C14H26N2O3/c1-3-12-7-4-5-9-16(12)10-6-8-13(17)15-11(2)14(18)19/h11-12H,3-10H2,1-2H3,(H,15,17)(H,18,19). The molecule has 2 N–H and O–H groups in total. The SMILES string of the molecule is CCC1CCCCN1CCCC(=O)NC(C)C(=O)O. The van der Waals surface area contributed by atoms with Crippen LogP contribution >= 0.6 is 0 Å². The first-order valence-electron chi connectivity index (χ1n) is 7.30. The van der Waals surface area contributed by atoms with E-state index in [-0.39, 0.29) is 5.91 Å². The van der Waals surface area contributed by atoms with Gasteiger partial charge in [0, 0.05) is 12.5 Å². The number of hydrogen-bond donors (Lipinski definition) is 2. The number of hydrogen-bond acceptors (Lipinski definition) is 3. The lowest BCUT2D eigenvalue weighted by Gasteiger charge is -2.35. The van der Waals surface area contributed by atoms with E-state index in [0.717, 1.165) is 19.5 Å². The van der Waals surface area contributed by atoms with Gasteiger partial charge < -0.3 is 15.3 Å². The summed E-state index contributed by atoms with van der Waals surface area (Å²) in [7, 11) is 0. The molecule has 19 heavy (non-hydrogen) atoms. The molecule has 0 aromatic carbocycles. The van der Waals surface area contributed by atoms with Crippen LogP contribution in [0, 0.1) is 0 Å². The molecule has 0 bridgehead atoms. The Morgan fingerprint density at radius 2 is 2.16 bits per heavy atom. The first kappa shape index (κ1) is 16.0. The summed E-state index contributed by atoms with van der Waals surface area (Å²) in [5.74, 6) is -1.16. The van der Waals surface area contributed by atoms with Gasteiger partial charge in [-0.05, 0) is 45.7 Å². The number of amides is 1. The fraction of sp³-hybridized carbons (Fsp3) is 0.857. The summed E-state index contributed by atoms with van der Waals surface area (Å²) in [5.41, 5.74) is 0. The highest BCUT2D eigenvalue weighted by atomic mass is 16.4. The lowest BCUT2D eigenvalue weighted by Crippen LogP contribution is -2.41. The van der Waals surface area contributed by atoms with Crippen molar-refractivity contribution in [3.05, 3.63) is 0 Å². The number of carbonyl (C=O) groups excluding carboxylic acids is 1. The molecule has 0 saturated carbocycles. The van der Waals surface area contributed by atoms with Gasteiger partial charge in [0.15, 0.2) is 0 Å². The van der Waals surface area contributed by atoms with Crippen LogP contribution in [-0.4, -0.2) is 47.1 Å². The van der Waals surface area contributed by atoms with Crippen LogP contribution in [0.3, 0.4) is 0 Å². The smallest absolute Gasteiger partial charge is 0.325 e. The molecule has 5 heteroatoms. The average molecular weight is 270 g/mol. The molecule has 1 aliphatic heterocycles. The summed E-state index contributed by atoms with van der Waals surface area (Å²) < 4.78 is 0. The number of carboxylic acid groups (broad SMARTS) is 1. The van der Waals surface area contributed by atoms with Crippen molar-refractivity contribution in [3.63, 3.8) is 0 Å². The molecule has 1 fully saturated rings. The quantitative estimate of drug-likeness (QED) is 0.737. The minimum Gasteiger partial charge on any atom is -0.480 e. The molecule has 1 saturated heterocycles. The van der Waals surface area contributed by atoms with Gasteiger partial charge in [0.05, 0.1) is 0 Å². The molecule has 0 aliphatic carbocycles. The highest BCUT2D eigenvalue weighted by molar-refractivity contribution is 5.83. The summed E-state index contributed by atoms with van der Waals surface area (Å²) >= 11 is 0. The number of carboxylic acids is 1. The van der Waals surface area contributed by atoms with Gasteiger partial charge in [-0.3, -0.25) is 9.59 Å². The van der Waals surface area contributed by atoms with Crippen molar-refractivity contribution in [1.82, 2.24) is 10.2 Å². The molecule has 2 atom stereocenters. The topological polar surface area (TPSA) is 69.6 Å². The molecular formula is C14H26N2O3. The maximum Gasteiger partial charge on any atom is 0.325 e. The summed E-state index contributed by atoms with van der Waals surface area (Å²) in [5, 5.41) is 11.2. The van der Waals surface area contributed by atoms with Gasteiger partial charge in [-0.2, -0.15) is 0 Å². The first-order chi connectivity index (χ1) is 9.04. The van der Waals surface area contributed by atoms with E-state index in [1.54, 1.807) is 0 Å². The van der Waals surface area contributed by atoms with E-state index in [1.807, 2.05) is 0 Å². The summed E-state index contributed by atoms with van der Waals surface area (Å²) in [6, 6.07) is -0.138. The van der Waals surface area contributed by atoms with Crippen LogP contribution in [0.4, 0.5) is 0 Å². The zero-order valence-electron chi connectivity index (χ0n) is 12.0. The number of nitrogens with zero attached hydrogens (tertiary/aromatic N) is 1. The third-order valence-electron chi connectivity index (χ3n) is 3.82. The fourth-order valence-corrected chi connectivity index (χ4v) is 2.63. The Labute approximate surface area is 115 Å². The third kappa shape index (κ3) is 5.59. The maximum atomic E-state index is 11.6. The largest absolute Gasteiger partial charge is 0.480 e. The van der Waals surface area contributed by atoms with Crippen molar-refractivity contribution in [3.8, 4) is 0 Å². The van der Waals surface area contributed by atoms with Crippen LogP contribution in [-0.2, 0) is 9.59 Å². The van der Waals surface area contributed by atoms with Crippen LogP contribution < -0.4 is 5.32 Å². The molecule has 1 rings (SSSR count). The predicted octanol–water partition coefficient (Wildman–Crippen LogP) is 1.62. The molecule has 2 unspecified atom stereocenters. The van der Waals surface area contributed by atoms with E-state index < -0.39 is 12.0 Å². The van der Waals surface area contributed by atoms with Crippen molar-refractivity contribution in [2.75, 3.05) is 13.1 Å². The highest BCUT2D eigenvalue weighted by Gasteiger charge is 2.20. The minimum atomic E-state index is -0.990. The van der Waals surface area contributed by atoms with Crippen molar-refractivity contribution in [1.29, 1.82) is 0 Å². The average Bonchev–Trinajstić information content (AvgIpc) is 2.39. The van der Waals surface area contributed by atoms with Crippen LogP contribution in [0.25, 0.3) is 0 Å². The zero-order chi connectivity index (χ0) is 14.3. The van der Waals surface area contributed by atoms with E-state index in [9.17, 15) is 9.59 Å². The summed E-state index contributed by atoms with van der Waals surface area (Å²) in [6.45, 7) is 5.77. The molecule has 0 aromatic heterocycles. The Balaban J connectivity index is 2.21. The number of nitrogens with one attached hydrogen (secondary N) is 1. The van der Waals surface area contributed by atoms with E-state index in [2.05, 4.69) is 17.1 Å². The van der Waals surface area contributed by atoms with Gasteiger partial charge >= 0.3 is 5.97 Å². The second kappa shape index (κ2) is 8.15. The molecule has 0 spiro atoms. The zero-order valence-corrected chi connectivity index (χ0v) is 12.0. The van der Waals surface area contributed by atoms with Gasteiger partial charge in [-0.15, -0.1) is 0 Å². The molecule has 0 radical (unpaired) electrons. The molecule has 110 valence electrons. The Morgan fingerprint density at radius 3 is 2.79 bits per heavy atom. The normalized spacial score (nSPS) is 21.9. The first-order valence-corrected chi connectivity index (χ1v) is 7.30. The number of rotatable bonds is 7. The lowest BCUT2D eigenvalue weighted by atomic mass is 10.00. The van der Waals surface area contributed by atoms with E-state index >= 15 is 0 Å². The maximum absolute atomic E-state index is 11.6. The molecule has 0 aromatic rings. The molecule has 1 heterocycles. The van der Waals surface area contributed by atoms with Crippen LogP contribution in [0.5, 0.6) is 0 Å². The minimum absolute atomic E-state index is 0.167. The molecule has 5 nitrogen and oxygen atoms in total. The highest BCUT2D eigenvalue weighted by Crippen LogP contribution is 2.19. The Bertz CT molecular complexity index is 307. The monoisotopic (exact) mass is 270 g/mol. The predicted molar refractivity (Wildman–Crippen MR) is 74.0 cm³/mol. The Hall–Kier alpha value is -1.10. The molecule has 1 amide bonds. The lowest BCUT2D eigenvalue weighted by molar-refractivity contribution is -0.141. The van der Waals surface area contributed by atoms with Gasteiger partial charge in [0.1, 0.15) is 6.04 Å². The number of carbonyl (C=O) groups is 2. The van der Waals surface area contributed by atoms with Gasteiger partial charge in [0.25, 0.3) is 0 Å². The summed E-state index contributed by atoms with van der Waals surface area (Å²) in [6.07, 6.45) is 6.20. The van der Waals surface area contributed by atoms with Crippen molar-refractivity contribution in [2.45, 2.75) is 64.5 Å². The van der Waals surface area contributed by atoms with Gasteiger partial charge in [-0.1, -0.05) is 13.3 Å². The second-order valence-electron chi connectivity index (χ2n) is 5.32. The second-order valence-corrected chi connectivity index (χ2v) is 5.32. The molecule has 1 aliphatic rings. The van der Waals surface area contributed by atoms with E-state index in [4.69, 9.17) is 5.11 Å². The number of likely N-dealkylation sites (tertiary alicyclic amines) is 1. The van der Waals surface area contributed by atoms with Crippen LogP contribution in [0.1, 0.15) is 52.4 Å².